The Kier molecular flexibility index (Phi) is 3.13. The van der Waals surface area contributed by atoms with Gasteiger partial charge in [0.25, 0.3) is 0 Å². The van der Waals surface area contributed by atoms with Gasteiger partial charge in [-0.1, -0.05) is 30.3 Å². The van der Waals surface area contributed by atoms with Crippen LogP contribution in [0.4, 0.5) is 5.69 Å². The Balaban J connectivity index is 2.59. The molecule has 0 unspecified atom stereocenters. The molecule has 0 aliphatic rings. The van der Waals surface area contributed by atoms with Gasteiger partial charge in [0.05, 0.1) is 0 Å². The molecule has 17 heavy (non-hydrogen) atoms. The minimum atomic E-state index is -1.51. The van der Waals surface area contributed by atoms with E-state index in [0.717, 1.165) is 10.8 Å². The lowest BCUT2D eigenvalue weighted by molar-refractivity contribution is -0.114. The van der Waals surface area contributed by atoms with Crippen LogP contribution in [0.5, 0.6) is 0 Å². The van der Waals surface area contributed by atoms with Crippen molar-refractivity contribution in [1.29, 1.82) is 0 Å². The molecule has 2 aromatic carbocycles. The van der Waals surface area contributed by atoms with Crippen molar-refractivity contribution in [2.24, 2.45) is 0 Å². The summed E-state index contributed by atoms with van der Waals surface area (Å²) in [5.74, 6) is -0.160. The summed E-state index contributed by atoms with van der Waals surface area (Å²) < 4.78 is 0. The van der Waals surface area contributed by atoms with Gasteiger partial charge in [-0.2, -0.15) is 0 Å². The van der Waals surface area contributed by atoms with Crippen LogP contribution >= 0.6 is 0 Å². The van der Waals surface area contributed by atoms with Crippen LogP contribution < -0.4 is 10.8 Å². The van der Waals surface area contributed by atoms with Crippen LogP contribution in [-0.2, 0) is 4.79 Å². The van der Waals surface area contributed by atoms with E-state index in [-0.39, 0.29) is 5.91 Å². The van der Waals surface area contributed by atoms with E-state index in [4.69, 9.17) is 10.0 Å². The zero-order chi connectivity index (χ0) is 12.4. The maximum Gasteiger partial charge on any atom is 0.488 e. The molecule has 0 radical (unpaired) electrons. The fraction of sp³-hybridized carbons (Fsp3) is 0.0833. The third kappa shape index (κ3) is 2.46. The molecule has 2 rings (SSSR count). The molecule has 0 spiro atoms. The van der Waals surface area contributed by atoms with Gasteiger partial charge in [-0.3, -0.25) is 4.79 Å². The van der Waals surface area contributed by atoms with Crippen LogP contribution in [0.15, 0.2) is 36.4 Å². The van der Waals surface area contributed by atoms with Crippen molar-refractivity contribution in [3.63, 3.8) is 0 Å². The number of benzene rings is 2. The predicted octanol–water partition coefficient (Wildman–Crippen LogP) is 0.478. The van der Waals surface area contributed by atoms with Crippen molar-refractivity contribution in [2.75, 3.05) is 5.32 Å². The standard InChI is InChI=1S/C12H12BNO3/c1-8(15)14-12-4-2-3-9-5-6-10(13(16)17)7-11(9)12/h2-7,16-17H,1H3,(H,14,15). The lowest BCUT2D eigenvalue weighted by atomic mass is 9.79. The first-order chi connectivity index (χ1) is 8.08. The zero-order valence-corrected chi connectivity index (χ0v) is 9.34. The van der Waals surface area contributed by atoms with Crippen molar-refractivity contribution < 1.29 is 14.8 Å². The third-order valence-electron chi connectivity index (χ3n) is 2.52. The van der Waals surface area contributed by atoms with Gasteiger partial charge in [0.1, 0.15) is 0 Å². The molecule has 0 heterocycles. The summed E-state index contributed by atoms with van der Waals surface area (Å²) in [4.78, 5) is 11.1. The number of hydrogen-bond donors (Lipinski definition) is 3. The molecule has 86 valence electrons. The molecule has 3 N–H and O–H groups in total. The smallest absolute Gasteiger partial charge is 0.423 e. The van der Waals surface area contributed by atoms with Crippen LogP contribution in [0.3, 0.4) is 0 Å². The van der Waals surface area contributed by atoms with Crippen LogP contribution in [0.2, 0.25) is 0 Å². The Labute approximate surface area is 99.0 Å². The lowest BCUT2D eigenvalue weighted by Gasteiger charge is -2.08. The molecular weight excluding hydrogens is 217 g/mol. The number of carbonyl (C=O) groups excluding carboxylic acids is 1. The number of nitrogens with one attached hydrogen (secondary N) is 1. The van der Waals surface area contributed by atoms with E-state index < -0.39 is 7.12 Å². The second kappa shape index (κ2) is 4.57. The Morgan fingerprint density at radius 1 is 1.24 bits per heavy atom. The van der Waals surface area contributed by atoms with Crippen molar-refractivity contribution in [2.45, 2.75) is 6.92 Å². The number of amides is 1. The largest absolute Gasteiger partial charge is 0.488 e. The van der Waals surface area contributed by atoms with Crippen molar-refractivity contribution >= 4 is 34.9 Å². The summed E-state index contributed by atoms with van der Waals surface area (Å²) in [5.41, 5.74) is 1.06. The van der Waals surface area contributed by atoms with Gasteiger partial charge >= 0.3 is 7.12 Å². The van der Waals surface area contributed by atoms with Gasteiger partial charge < -0.3 is 15.4 Å². The fourth-order valence-electron chi connectivity index (χ4n) is 1.75. The Morgan fingerprint density at radius 3 is 2.65 bits per heavy atom. The van der Waals surface area contributed by atoms with E-state index in [1.54, 1.807) is 24.3 Å². The van der Waals surface area contributed by atoms with Crippen LogP contribution in [0.1, 0.15) is 6.92 Å². The predicted molar refractivity (Wildman–Crippen MR) is 68.1 cm³/mol. The second-order valence-electron chi connectivity index (χ2n) is 3.84. The quantitative estimate of drug-likeness (QED) is 0.656. The van der Waals surface area contributed by atoms with Gasteiger partial charge in [-0.05, 0) is 16.9 Å². The van der Waals surface area contributed by atoms with Gasteiger partial charge in [0.15, 0.2) is 0 Å². The molecule has 2 aromatic rings. The summed E-state index contributed by atoms with van der Waals surface area (Å²) in [6, 6.07) is 10.6. The molecule has 0 saturated carbocycles. The third-order valence-corrected chi connectivity index (χ3v) is 2.52. The lowest BCUT2D eigenvalue weighted by Crippen LogP contribution is -2.29. The van der Waals surface area contributed by atoms with E-state index >= 15 is 0 Å². The van der Waals surface area contributed by atoms with E-state index in [9.17, 15) is 4.79 Å². The summed E-state index contributed by atoms with van der Waals surface area (Å²) in [6.07, 6.45) is 0. The topological polar surface area (TPSA) is 69.6 Å². The van der Waals surface area contributed by atoms with Gasteiger partial charge in [0, 0.05) is 18.0 Å². The van der Waals surface area contributed by atoms with Gasteiger partial charge in [0.2, 0.25) is 5.91 Å². The van der Waals surface area contributed by atoms with E-state index in [1.807, 2.05) is 12.1 Å². The van der Waals surface area contributed by atoms with Gasteiger partial charge in [-0.25, -0.2) is 0 Å². The van der Waals surface area contributed by atoms with Crippen LogP contribution in [0, 0.1) is 0 Å². The molecule has 5 heteroatoms. The van der Waals surface area contributed by atoms with Gasteiger partial charge in [-0.15, -0.1) is 0 Å². The average molecular weight is 229 g/mol. The number of fused-ring (bicyclic) bond motifs is 1. The fourth-order valence-corrected chi connectivity index (χ4v) is 1.75. The average Bonchev–Trinajstić information content (AvgIpc) is 2.28. The van der Waals surface area contributed by atoms with Crippen molar-refractivity contribution in [1.82, 2.24) is 0 Å². The van der Waals surface area contributed by atoms with Crippen LogP contribution in [0.25, 0.3) is 10.8 Å². The monoisotopic (exact) mass is 229 g/mol. The number of carbonyl (C=O) groups is 1. The van der Waals surface area contributed by atoms with E-state index in [2.05, 4.69) is 5.32 Å². The molecule has 0 bridgehead atoms. The second-order valence-corrected chi connectivity index (χ2v) is 3.84. The molecule has 0 fully saturated rings. The molecule has 0 aliphatic carbocycles. The molecule has 0 saturated heterocycles. The SMILES string of the molecule is CC(=O)Nc1cccc2ccc(B(O)O)cc12. The first-order valence-electron chi connectivity index (χ1n) is 5.24. The summed E-state index contributed by atoms with van der Waals surface area (Å²) in [6.45, 7) is 1.43. The maximum absolute atomic E-state index is 11.1. The Hall–Kier alpha value is -1.85. The number of rotatable bonds is 2. The van der Waals surface area contributed by atoms with Crippen molar-refractivity contribution in [3.8, 4) is 0 Å². The molecular formula is C12H12BNO3. The van der Waals surface area contributed by atoms with E-state index in [0.29, 0.717) is 11.2 Å². The molecule has 0 aliphatic heterocycles. The first-order valence-corrected chi connectivity index (χ1v) is 5.24. The molecule has 0 atom stereocenters. The Morgan fingerprint density at radius 2 is 2.00 bits per heavy atom. The summed E-state index contributed by atoms with van der Waals surface area (Å²) >= 11 is 0. The maximum atomic E-state index is 11.1. The minimum absolute atomic E-state index is 0.160. The summed E-state index contributed by atoms with van der Waals surface area (Å²) in [7, 11) is -1.51. The highest BCUT2D eigenvalue weighted by molar-refractivity contribution is 6.59. The van der Waals surface area contributed by atoms with Crippen LogP contribution in [-0.4, -0.2) is 23.1 Å². The highest BCUT2D eigenvalue weighted by Crippen LogP contribution is 2.22. The first kappa shape index (κ1) is 11.6. The van der Waals surface area contributed by atoms with E-state index in [1.165, 1.54) is 6.92 Å². The molecule has 0 aromatic heterocycles. The summed E-state index contributed by atoms with van der Waals surface area (Å²) in [5, 5.41) is 22.7. The molecule has 1 amide bonds. The normalized spacial score (nSPS) is 10.3. The Bertz CT molecular complexity index is 569. The highest BCUT2D eigenvalue weighted by Gasteiger charge is 2.12. The molecule has 4 nitrogen and oxygen atoms in total. The number of anilines is 1. The zero-order valence-electron chi connectivity index (χ0n) is 9.34. The van der Waals surface area contributed by atoms with Crippen molar-refractivity contribution in [3.05, 3.63) is 36.4 Å². The minimum Gasteiger partial charge on any atom is -0.423 e. The number of hydrogen-bond acceptors (Lipinski definition) is 3. The highest BCUT2D eigenvalue weighted by atomic mass is 16.4.